The molecule has 0 saturated heterocycles. The van der Waals surface area contributed by atoms with Crippen molar-refractivity contribution in [2.24, 2.45) is 0 Å². The Bertz CT molecular complexity index is 918. The van der Waals surface area contributed by atoms with Gasteiger partial charge < -0.3 is 9.88 Å². The normalized spacial score (nSPS) is 13.0. The van der Waals surface area contributed by atoms with E-state index in [0.29, 0.717) is 0 Å². The van der Waals surface area contributed by atoms with Crippen molar-refractivity contribution in [2.75, 3.05) is 5.32 Å². The second-order valence-corrected chi connectivity index (χ2v) is 9.17. The quantitative estimate of drug-likeness (QED) is 0.731. The average molecular weight is 355 g/mol. The molecule has 2 aromatic heterocycles. The Kier molecular flexibility index (Phi) is 4.33. The molecule has 140 valence electrons. The highest BCUT2D eigenvalue weighted by Crippen LogP contribution is 2.40. The summed E-state index contributed by atoms with van der Waals surface area (Å²) >= 11 is 0. The number of hydrogen-bond acceptors (Lipinski definition) is 4. The molecule has 0 fully saturated rings. The maximum atomic E-state index is 4.41. The monoisotopic (exact) mass is 354 g/mol. The number of benzene rings is 1. The number of nitrogens with zero attached hydrogens (tertiary/aromatic N) is 5. The SMILES string of the molecule is CC(C)n1c(NC(C)(C)C)c2ccccc2c1-c1nnnn1C(C)(C)C. The molecule has 6 heteroatoms. The van der Waals surface area contributed by atoms with Crippen LogP contribution in [-0.2, 0) is 5.54 Å². The molecule has 0 unspecified atom stereocenters. The van der Waals surface area contributed by atoms with Gasteiger partial charge in [0.05, 0.1) is 11.2 Å². The standard InChI is InChI=1S/C20H30N6/c1-13(2)25-16(18-22-23-24-26(18)20(6,7)8)14-11-9-10-12-15(14)17(25)21-19(3,4)5/h9-13,21H,1-8H3. The number of rotatable bonds is 3. The van der Waals surface area contributed by atoms with Crippen molar-refractivity contribution in [2.45, 2.75) is 72.5 Å². The lowest BCUT2D eigenvalue weighted by Crippen LogP contribution is -2.28. The van der Waals surface area contributed by atoms with Gasteiger partial charge in [-0.05, 0) is 65.8 Å². The molecular formula is C20H30N6. The minimum absolute atomic E-state index is 0.0546. The first-order chi connectivity index (χ1) is 12.0. The van der Waals surface area contributed by atoms with Crippen LogP contribution >= 0.6 is 0 Å². The van der Waals surface area contributed by atoms with Gasteiger partial charge in [-0.25, -0.2) is 4.68 Å². The predicted octanol–water partition coefficient (Wildman–Crippen LogP) is 4.84. The van der Waals surface area contributed by atoms with Gasteiger partial charge >= 0.3 is 0 Å². The highest BCUT2D eigenvalue weighted by Gasteiger charge is 2.28. The number of hydrogen-bond donors (Lipinski definition) is 1. The minimum Gasteiger partial charge on any atom is -0.366 e. The largest absolute Gasteiger partial charge is 0.366 e. The van der Waals surface area contributed by atoms with Gasteiger partial charge in [-0.1, -0.05) is 24.3 Å². The molecule has 0 aliphatic heterocycles. The predicted molar refractivity (Wildman–Crippen MR) is 108 cm³/mol. The second kappa shape index (κ2) is 6.11. The summed E-state index contributed by atoms with van der Waals surface area (Å²) in [6, 6.07) is 8.73. The highest BCUT2D eigenvalue weighted by atomic mass is 15.6. The highest BCUT2D eigenvalue weighted by molar-refractivity contribution is 6.03. The maximum absolute atomic E-state index is 4.41. The Morgan fingerprint density at radius 3 is 2.12 bits per heavy atom. The Balaban J connectivity index is 2.40. The number of fused-ring (bicyclic) bond motifs is 1. The van der Waals surface area contributed by atoms with Crippen LogP contribution in [0.5, 0.6) is 0 Å². The summed E-state index contributed by atoms with van der Waals surface area (Å²) in [6.45, 7) is 17.3. The van der Waals surface area contributed by atoms with E-state index in [1.54, 1.807) is 0 Å². The molecule has 3 rings (SSSR count). The first kappa shape index (κ1) is 18.4. The Morgan fingerprint density at radius 1 is 0.962 bits per heavy atom. The van der Waals surface area contributed by atoms with Gasteiger partial charge in [0.1, 0.15) is 5.82 Å². The third kappa shape index (κ3) is 3.20. The molecule has 0 saturated carbocycles. The van der Waals surface area contributed by atoms with E-state index < -0.39 is 0 Å². The van der Waals surface area contributed by atoms with E-state index in [2.05, 4.69) is 105 Å². The van der Waals surface area contributed by atoms with E-state index >= 15 is 0 Å². The number of tetrazole rings is 1. The van der Waals surface area contributed by atoms with E-state index in [-0.39, 0.29) is 17.1 Å². The van der Waals surface area contributed by atoms with Crippen LogP contribution in [0.25, 0.3) is 22.3 Å². The Labute approximate surface area is 155 Å². The third-order valence-electron chi connectivity index (χ3n) is 4.25. The molecule has 0 aliphatic rings. The van der Waals surface area contributed by atoms with Crippen molar-refractivity contribution in [3.05, 3.63) is 24.3 Å². The Hall–Kier alpha value is -2.37. The van der Waals surface area contributed by atoms with E-state index in [0.717, 1.165) is 22.7 Å². The molecule has 2 heterocycles. The summed E-state index contributed by atoms with van der Waals surface area (Å²) in [7, 11) is 0. The van der Waals surface area contributed by atoms with Crippen LogP contribution in [0.2, 0.25) is 0 Å². The lowest BCUT2D eigenvalue weighted by molar-refractivity contribution is 0.350. The average Bonchev–Trinajstić information content (AvgIpc) is 3.08. The van der Waals surface area contributed by atoms with E-state index in [4.69, 9.17) is 0 Å². The van der Waals surface area contributed by atoms with Gasteiger partial charge in [0.15, 0.2) is 5.82 Å². The van der Waals surface area contributed by atoms with Crippen molar-refractivity contribution in [1.82, 2.24) is 24.8 Å². The summed E-state index contributed by atoms with van der Waals surface area (Å²) in [5, 5.41) is 18.7. The summed E-state index contributed by atoms with van der Waals surface area (Å²) in [4.78, 5) is 0. The molecule has 0 aliphatic carbocycles. The zero-order valence-electron chi connectivity index (χ0n) is 17.1. The minimum atomic E-state index is -0.205. The molecule has 0 atom stereocenters. The molecule has 3 aromatic rings. The second-order valence-electron chi connectivity index (χ2n) is 9.17. The zero-order chi connectivity index (χ0) is 19.3. The smallest absolute Gasteiger partial charge is 0.199 e. The van der Waals surface area contributed by atoms with Gasteiger partial charge in [0.25, 0.3) is 0 Å². The van der Waals surface area contributed by atoms with Gasteiger partial charge in [-0.2, -0.15) is 0 Å². The van der Waals surface area contributed by atoms with Crippen LogP contribution in [0.4, 0.5) is 5.82 Å². The fourth-order valence-corrected chi connectivity index (χ4v) is 3.28. The molecule has 6 nitrogen and oxygen atoms in total. The number of anilines is 1. The lowest BCUT2D eigenvalue weighted by atomic mass is 10.1. The van der Waals surface area contributed by atoms with Crippen molar-refractivity contribution in [3.8, 4) is 11.5 Å². The molecule has 1 aromatic carbocycles. The van der Waals surface area contributed by atoms with E-state index in [1.807, 2.05) is 4.68 Å². The third-order valence-corrected chi connectivity index (χ3v) is 4.25. The van der Waals surface area contributed by atoms with E-state index in [1.165, 1.54) is 5.39 Å². The van der Waals surface area contributed by atoms with E-state index in [9.17, 15) is 0 Å². The summed E-state index contributed by atoms with van der Waals surface area (Å²) in [5.74, 6) is 1.91. The fourth-order valence-electron chi connectivity index (χ4n) is 3.28. The van der Waals surface area contributed by atoms with Crippen LogP contribution in [0, 0.1) is 0 Å². The number of nitrogens with one attached hydrogen (secondary N) is 1. The fraction of sp³-hybridized carbons (Fsp3) is 0.550. The van der Waals surface area contributed by atoms with Crippen molar-refractivity contribution >= 4 is 16.6 Å². The van der Waals surface area contributed by atoms with Crippen molar-refractivity contribution in [3.63, 3.8) is 0 Å². The van der Waals surface area contributed by atoms with Crippen LogP contribution < -0.4 is 5.32 Å². The zero-order valence-corrected chi connectivity index (χ0v) is 17.1. The van der Waals surface area contributed by atoms with Crippen LogP contribution in [0.3, 0.4) is 0 Å². The molecule has 1 N–H and O–H groups in total. The maximum Gasteiger partial charge on any atom is 0.199 e. The topological polar surface area (TPSA) is 60.6 Å². The van der Waals surface area contributed by atoms with Gasteiger partial charge in [-0.3, -0.25) is 0 Å². The summed E-state index contributed by atoms with van der Waals surface area (Å²) in [5.41, 5.74) is 0.798. The van der Waals surface area contributed by atoms with Crippen LogP contribution in [0.15, 0.2) is 24.3 Å². The first-order valence-corrected chi connectivity index (χ1v) is 9.21. The molecule has 0 radical (unpaired) electrons. The summed E-state index contributed by atoms with van der Waals surface area (Å²) in [6.07, 6.45) is 0. The van der Waals surface area contributed by atoms with Crippen LogP contribution in [0.1, 0.15) is 61.4 Å². The van der Waals surface area contributed by atoms with Crippen molar-refractivity contribution in [1.29, 1.82) is 0 Å². The number of aromatic nitrogens is 5. The van der Waals surface area contributed by atoms with Gasteiger partial charge in [0.2, 0.25) is 0 Å². The molecule has 26 heavy (non-hydrogen) atoms. The van der Waals surface area contributed by atoms with Crippen LogP contribution in [-0.4, -0.2) is 30.3 Å². The summed E-state index contributed by atoms with van der Waals surface area (Å²) < 4.78 is 4.23. The molecule has 0 spiro atoms. The first-order valence-electron chi connectivity index (χ1n) is 9.21. The van der Waals surface area contributed by atoms with Gasteiger partial charge in [-0.15, -0.1) is 5.10 Å². The van der Waals surface area contributed by atoms with Crippen molar-refractivity contribution < 1.29 is 0 Å². The lowest BCUT2D eigenvalue weighted by Gasteiger charge is -2.26. The molecular weight excluding hydrogens is 324 g/mol. The molecule has 0 amide bonds. The Morgan fingerprint density at radius 2 is 1.58 bits per heavy atom. The molecule has 0 bridgehead atoms. The van der Waals surface area contributed by atoms with Gasteiger partial charge in [0, 0.05) is 22.4 Å².